The molecule has 4 heteroatoms. The summed E-state index contributed by atoms with van der Waals surface area (Å²) in [6.07, 6.45) is 7.43. The van der Waals surface area contributed by atoms with Crippen molar-refractivity contribution in [2.45, 2.75) is 106 Å². The van der Waals surface area contributed by atoms with Crippen LogP contribution in [-0.2, 0) is 39.0 Å². The Morgan fingerprint density at radius 1 is 0.532 bits per heavy atom. The first-order valence-electron chi connectivity index (χ1n) is 22.1. The quantitative estimate of drug-likeness (QED) is 0.0949. The van der Waals surface area contributed by atoms with Crippen molar-refractivity contribution < 1.29 is 51.0 Å². The fourth-order valence-corrected chi connectivity index (χ4v) is 10.1. The summed E-state index contributed by atoms with van der Waals surface area (Å²) < 4.78 is 0. The van der Waals surface area contributed by atoms with E-state index in [1.165, 1.54) is 137 Å². The Morgan fingerprint density at radius 3 is 1.42 bits per heavy atom. The molecular weight excluding hydrogens is 887 g/mol. The van der Waals surface area contributed by atoms with Gasteiger partial charge in [0, 0.05) is 0 Å². The van der Waals surface area contributed by atoms with Gasteiger partial charge in [-0.25, -0.2) is 0 Å². The molecule has 0 saturated carbocycles. The third kappa shape index (κ3) is 11.5. The van der Waals surface area contributed by atoms with Crippen LogP contribution < -0.4 is 35.2 Å². The van der Waals surface area contributed by atoms with Crippen molar-refractivity contribution in [3.8, 4) is 33.4 Å². The molecule has 8 aromatic carbocycles. The van der Waals surface area contributed by atoms with Crippen molar-refractivity contribution >= 4 is 41.4 Å². The number of aryl methyl sites for hydroxylation is 4. The van der Waals surface area contributed by atoms with Crippen LogP contribution in [-0.4, -0.2) is 9.52 Å². The zero-order valence-electron chi connectivity index (χ0n) is 37.9. The SMILES string of the molecule is CCCCc1cc2c(-c3ccccc3C)c(C(C)C)ccc2[cH-]1.CCCCc1cc2c(-c3ccccc3C)c(C(C)C)ccc2[cH-]1.[Cl-].[Cl-].[Zr+2].[c-]1cccc2c1[Si]c1ccccc1-2. The summed E-state index contributed by atoms with van der Waals surface area (Å²) >= 11 is 0. The zero-order chi connectivity index (χ0) is 41.5. The Balaban J connectivity index is 0.000000206. The van der Waals surface area contributed by atoms with Crippen molar-refractivity contribution in [2.24, 2.45) is 0 Å². The summed E-state index contributed by atoms with van der Waals surface area (Å²) in [7, 11) is 0.795. The predicted octanol–water partition coefficient (Wildman–Crippen LogP) is 9.13. The molecule has 1 aliphatic heterocycles. The van der Waals surface area contributed by atoms with E-state index < -0.39 is 0 Å². The smallest absolute Gasteiger partial charge is 1.00 e. The number of halogens is 2. The number of benzene rings is 6. The maximum absolute atomic E-state index is 3.31. The van der Waals surface area contributed by atoms with Crippen molar-refractivity contribution in [1.82, 2.24) is 0 Å². The largest absolute Gasteiger partial charge is 2.00 e. The molecule has 0 bridgehead atoms. The van der Waals surface area contributed by atoms with Gasteiger partial charge in [-0.3, -0.25) is 0 Å². The summed E-state index contributed by atoms with van der Waals surface area (Å²) in [4.78, 5) is 0. The average Bonchev–Trinajstić information content (AvgIpc) is 3.97. The molecule has 62 heavy (non-hydrogen) atoms. The number of fused-ring (bicyclic) bond motifs is 5. The molecule has 0 fully saturated rings. The molecule has 0 amide bonds. The second kappa shape index (κ2) is 23.8. The Morgan fingerprint density at radius 2 is 0.968 bits per heavy atom. The molecule has 0 spiro atoms. The topological polar surface area (TPSA) is 0 Å². The standard InChI is InChI=1S/2C23H27.C12H7Si.2ClH.Zr/c2*1-5-6-10-18-14-19-12-13-20(16(2)3)23(22(19)15-18)21-11-8-7-9-17(21)4;1-3-7-11-9(5-1)10-6-2-4-8-12(10)13-11;;;/h2*7-9,11-16H,5-6,10H2,1-4H3;1-7H;2*1H;/q3*-1;;;+2/p-2. The van der Waals surface area contributed by atoms with E-state index in [2.05, 4.69) is 195 Å². The van der Waals surface area contributed by atoms with Crippen molar-refractivity contribution in [1.29, 1.82) is 0 Å². The van der Waals surface area contributed by atoms with E-state index >= 15 is 0 Å². The molecule has 0 N–H and O–H groups in total. The van der Waals surface area contributed by atoms with E-state index in [1.54, 1.807) is 0 Å². The van der Waals surface area contributed by atoms with Gasteiger partial charge in [-0.1, -0.05) is 173 Å². The molecule has 0 atom stereocenters. The first-order chi connectivity index (χ1) is 28.7. The monoisotopic (exact) mass is 945 g/mol. The first-order valence-corrected chi connectivity index (χ1v) is 23.1. The van der Waals surface area contributed by atoms with Gasteiger partial charge in [-0.15, -0.1) is 74.6 Å². The Labute approximate surface area is 407 Å². The van der Waals surface area contributed by atoms with Crippen molar-refractivity contribution in [3.05, 3.63) is 179 Å². The normalized spacial score (nSPS) is 11.1. The average molecular weight is 948 g/mol. The van der Waals surface area contributed by atoms with Crippen LogP contribution in [0.3, 0.4) is 0 Å². The minimum Gasteiger partial charge on any atom is -1.00 e. The van der Waals surface area contributed by atoms with Crippen LogP contribution in [0.5, 0.6) is 0 Å². The van der Waals surface area contributed by atoms with Crippen LogP contribution in [0.2, 0.25) is 0 Å². The maximum Gasteiger partial charge on any atom is 2.00 e. The van der Waals surface area contributed by atoms with Crippen LogP contribution in [0.25, 0.3) is 54.9 Å². The second-order valence-corrected chi connectivity index (χ2v) is 18.4. The molecular formula is C58H61Cl2SiZr-3. The third-order valence-electron chi connectivity index (χ3n) is 12.0. The zero-order valence-corrected chi connectivity index (χ0v) is 42.9. The van der Waals surface area contributed by atoms with Crippen molar-refractivity contribution in [2.75, 3.05) is 0 Å². The van der Waals surface area contributed by atoms with E-state index in [0.29, 0.717) is 11.8 Å². The van der Waals surface area contributed by atoms with Gasteiger partial charge in [0.25, 0.3) is 0 Å². The maximum atomic E-state index is 3.31. The van der Waals surface area contributed by atoms with Crippen molar-refractivity contribution in [3.63, 3.8) is 0 Å². The summed E-state index contributed by atoms with van der Waals surface area (Å²) in [5.74, 6) is 1.06. The Bertz CT molecular complexity index is 2480. The van der Waals surface area contributed by atoms with Gasteiger partial charge in [0.15, 0.2) is 0 Å². The van der Waals surface area contributed by atoms with Crippen LogP contribution in [0.1, 0.15) is 112 Å². The molecule has 1 aliphatic rings. The van der Waals surface area contributed by atoms with Gasteiger partial charge in [0.05, 0.1) is 9.52 Å². The molecule has 0 nitrogen and oxygen atoms in total. The molecule has 0 unspecified atom stereocenters. The van der Waals surface area contributed by atoms with Gasteiger partial charge in [0.2, 0.25) is 0 Å². The Kier molecular flexibility index (Phi) is 19.5. The number of rotatable bonds is 10. The van der Waals surface area contributed by atoms with E-state index in [-0.39, 0.29) is 51.0 Å². The molecule has 0 aliphatic carbocycles. The number of unbranched alkanes of at least 4 members (excludes halogenated alkanes) is 2. The minimum atomic E-state index is 0. The molecule has 9 rings (SSSR count). The molecule has 1 heterocycles. The first kappa shape index (κ1) is 50.9. The molecule has 0 aromatic heterocycles. The van der Waals surface area contributed by atoms with Crippen LogP contribution in [0.15, 0.2) is 140 Å². The van der Waals surface area contributed by atoms with Crippen LogP contribution in [0.4, 0.5) is 0 Å². The third-order valence-corrected chi connectivity index (χ3v) is 13.4. The van der Waals surface area contributed by atoms with E-state index in [4.69, 9.17) is 0 Å². The number of hydrogen-bond acceptors (Lipinski definition) is 0. The van der Waals surface area contributed by atoms with Gasteiger partial charge >= 0.3 is 26.2 Å². The van der Waals surface area contributed by atoms with E-state index in [0.717, 1.165) is 9.52 Å². The summed E-state index contributed by atoms with van der Waals surface area (Å²) in [6, 6.07) is 54.6. The van der Waals surface area contributed by atoms with Crippen LogP contribution in [0, 0.1) is 19.9 Å². The van der Waals surface area contributed by atoms with Gasteiger partial charge in [-0.2, -0.15) is 41.6 Å². The van der Waals surface area contributed by atoms with Crippen LogP contribution >= 0.6 is 0 Å². The fourth-order valence-electron chi connectivity index (χ4n) is 8.77. The second-order valence-electron chi connectivity index (χ2n) is 17.1. The summed E-state index contributed by atoms with van der Waals surface area (Å²) in [5.41, 5.74) is 17.0. The van der Waals surface area contributed by atoms with Gasteiger partial charge in [-0.05, 0) is 60.8 Å². The summed E-state index contributed by atoms with van der Waals surface area (Å²) in [5, 5.41) is 8.45. The molecule has 2 radical (unpaired) electrons. The fraction of sp³-hybridized carbons (Fsp3) is 0.276. The minimum absolute atomic E-state index is 0. The molecule has 0 saturated heterocycles. The van der Waals surface area contributed by atoms with E-state index in [1.807, 2.05) is 6.07 Å². The molecule has 318 valence electrons. The van der Waals surface area contributed by atoms with E-state index in [9.17, 15) is 0 Å². The van der Waals surface area contributed by atoms with Gasteiger partial charge in [0.1, 0.15) is 0 Å². The predicted molar refractivity (Wildman–Crippen MR) is 261 cm³/mol. The molecule has 8 aromatic rings. The Hall–Kier alpha value is -3.78. The summed E-state index contributed by atoms with van der Waals surface area (Å²) in [6.45, 7) is 18.1. The number of hydrogen-bond donors (Lipinski definition) is 0. The van der Waals surface area contributed by atoms with Gasteiger partial charge < -0.3 is 24.8 Å².